The van der Waals surface area contributed by atoms with Gasteiger partial charge in [0.1, 0.15) is 0 Å². The largest absolute Gasteiger partial charge is 1.00 e. The molecule has 3 N–H and O–H groups in total. The van der Waals surface area contributed by atoms with Crippen LogP contribution < -0.4 is 42.0 Å². The third-order valence-corrected chi connectivity index (χ3v) is 0. The van der Waals surface area contributed by atoms with Crippen molar-refractivity contribution in [3.63, 3.8) is 0 Å². The molecule has 0 saturated heterocycles. The van der Waals surface area contributed by atoms with E-state index >= 15 is 0 Å². The third-order valence-electron chi connectivity index (χ3n) is 0. The molecule has 0 aromatic carbocycles. The molecule has 0 aromatic heterocycles. The predicted molar refractivity (Wildman–Crippen MR) is 39.9 cm³/mol. The van der Waals surface area contributed by atoms with E-state index in [0.717, 1.165) is 20.8 Å². The Kier molecular flexibility index (Phi) is 47.9. The maximum atomic E-state index is 9.00. The number of aliphatic carboxylic acids is 3. The molecule has 0 spiro atoms. The van der Waals surface area contributed by atoms with Crippen LogP contribution in [0.25, 0.3) is 0 Å². The zero-order chi connectivity index (χ0) is 10.7. The zero-order valence-electron chi connectivity index (χ0n) is 8.44. The van der Waals surface area contributed by atoms with Crippen molar-refractivity contribution in [2.75, 3.05) is 0 Å². The summed E-state index contributed by atoms with van der Waals surface area (Å²) in [6, 6.07) is 0. The first-order valence-corrected chi connectivity index (χ1v) is 2.78. The molecule has 0 atom stereocenters. The van der Waals surface area contributed by atoms with E-state index in [1.165, 1.54) is 0 Å². The molecule has 0 heterocycles. The molecule has 80 valence electrons. The van der Waals surface area contributed by atoms with Crippen molar-refractivity contribution in [2.45, 2.75) is 20.8 Å². The summed E-state index contributed by atoms with van der Waals surface area (Å²) >= 11 is 0. The van der Waals surface area contributed by atoms with E-state index in [9.17, 15) is 0 Å². The SMILES string of the molecule is CC(=O)O.CC(=O)O.CC(=O)O.[Cl-].[Na+]. The molecular weight excluding hydrogens is 227 g/mol. The van der Waals surface area contributed by atoms with Gasteiger partial charge in [-0.2, -0.15) is 0 Å². The van der Waals surface area contributed by atoms with Crippen LogP contribution in [0, 0.1) is 0 Å². The first-order valence-electron chi connectivity index (χ1n) is 2.78. The quantitative estimate of drug-likeness (QED) is 0.363. The van der Waals surface area contributed by atoms with Gasteiger partial charge in [-0.05, 0) is 0 Å². The fourth-order valence-electron chi connectivity index (χ4n) is 0. The van der Waals surface area contributed by atoms with E-state index in [1.807, 2.05) is 0 Å². The fourth-order valence-corrected chi connectivity index (χ4v) is 0. The summed E-state index contributed by atoms with van der Waals surface area (Å²) in [5.74, 6) is -2.50. The summed E-state index contributed by atoms with van der Waals surface area (Å²) in [7, 11) is 0. The predicted octanol–water partition coefficient (Wildman–Crippen LogP) is -5.72. The second-order valence-corrected chi connectivity index (χ2v) is 1.56. The molecule has 0 aromatic rings. The van der Waals surface area contributed by atoms with Crippen LogP contribution in [-0.2, 0) is 14.4 Å². The number of halogens is 1. The summed E-state index contributed by atoms with van der Waals surface area (Å²) in [5.41, 5.74) is 0. The molecule has 0 unspecified atom stereocenters. The van der Waals surface area contributed by atoms with Crippen molar-refractivity contribution in [3.8, 4) is 0 Å². The Hall–Kier alpha value is -0.300. The summed E-state index contributed by atoms with van der Waals surface area (Å²) in [4.78, 5) is 27.0. The van der Waals surface area contributed by atoms with Gasteiger partial charge in [0.25, 0.3) is 17.9 Å². The van der Waals surface area contributed by atoms with Crippen molar-refractivity contribution in [3.05, 3.63) is 0 Å². The van der Waals surface area contributed by atoms with E-state index in [2.05, 4.69) is 0 Å². The van der Waals surface area contributed by atoms with Crippen LogP contribution in [0.5, 0.6) is 0 Å². The molecule has 0 rings (SSSR count). The number of hydrogen-bond acceptors (Lipinski definition) is 3. The smallest absolute Gasteiger partial charge is 1.00 e. The normalized spacial score (nSPS) is 5.36. The van der Waals surface area contributed by atoms with Crippen LogP contribution in [-0.4, -0.2) is 33.2 Å². The van der Waals surface area contributed by atoms with Gasteiger partial charge in [-0.25, -0.2) is 0 Å². The van der Waals surface area contributed by atoms with Gasteiger partial charge >= 0.3 is 29.6 Å². The van der Waals surface area contributed by atoms with Crippen LogP contribution in [0.2, 0.25) is 0 Å². The Bertz CT molecular complexity index is 120. The molecular formula is C6H12ClNaO6. The molecule has 0 bridgehead atoms. The van der Waals surface area contributed by atoms with Gasteiger partial charge in [0.15, 0.2) is 0 Å². The van der Waals surface area contributed by atoms with Gasteiger partial charge in [-0.1, -0.05) is 0 Å². The van der Waals surface area contributed by atoms with Gasteiger partial charge in [0, 0.05) is 20.8 Å². The number of hydrogen-bond donors (Lipinski definition) is 3. The summed E-state index contributed by atoms with van der Waals surface area (Å²) in [6.45, 7) is 3.25. The van der Waals surface area contributed by atoms with E-state index in [1.54, 1.807) is 0 Å². The Balaban J connectivity index is -0.0000000270. The molecule has 8 heteroatoms. The Morgan fingerprint density at radius 1 is 0.714 bits per heavy atom. The molecule has 0 saturated carbocycles. The topological polar surface area (TPSA) is 112 Å². The van der Waals surface area contributed by atoms with Gasteiger partial charge in [-0.3, -0.25) is 14.4 Å². The summed E-state index contributed by atoms with van der Waals surface area (Å²) in [6.07, 6.45) is 0. The van der Waals surface area contributed by atoms with Gasteiger partial charge in [-0.15, -0.1) is 0 Å². The maximum absolute atomic E-state index is 9.00. The van der Waals surface area contributed by atoms with Crippen molar-refractivity contribution >= 4 is 17.9 Å². The fraction of sp³-hybridized carbons (Fsp3) is 0.500. The van der Waals surface area contributed by atoms with Crippen molar-refractivity contribution < 1.29 is 71.7 Å². The summed E-state index contributed by atoms with van der Waals surface area (Å²) < 4.78 is 0. The minimum Gasteiger partial charge on any atom is -1.00 e. The Morgan fingerprint density at radius 3 is 0.714 bits per heavy atom. The third kappa shape index (κ3) is 14900. The van der Waals surface area contributed by atoms with Crippen molar-refractivity contribution in [1.29, 1.82) is 0 Å². The van der Waals surface area contributed by atoms with E-state index < -0.39 is 17.9 Å². The minimum absolute atomic E-state index is 0. The molecule has 0 aliphatic heterocycles. The second kappa shape index (κ2) is 23.0. The van der Waals surface area contributed by atoms with Gasteiger partial charge in [0.05, 0.1) is 0 Å². The van der Waals surface area contributed by atoms with E-state index in [4.69, 9.17) is 29.7 Å². The summed E-state index contributed by atoms with van der Waals surface area (Å²) in [5, 5.41) is 22.2. The Morgan fingerprint density at radius 2 is 0.714 bits per heavy atom. The van der Waals surface area contributed by atoms with Crippen molar-refractivity contribution in [2.24, 2.45) is 0 Å². The standard InChI is InChI=1S/3C2H4O2.ClH.Na/c3*1-2(3)4;;/h3*1H3,(H,3,4);1H;/q;;;;+1/p-1. The van der Waals surface area contributed by atoms with Gasteiger partial charge < -0.3 is 27.7 Å². The van der Waals surface area contributed by atoms with E-state index in [0.29, 0.717) is 0 Å². The molecule has 0 fully saturated rings. The van der Waals surface area contributed by atoms with Crippen LogP contribution >= 0.6 is 0 Å². The molecule has 0 aliphatic rings. The molecule has 6 nitrogen and oxygen atoms in total. The number of carboxylic acid groups (broad SMARTS) is 3. The van der Waals surface area contributed by atoms with Crippen LogP contribution in [0.4, 0.5) is 0 Å². The van der Waals surface area contributed by atoms with Crippen LogP contribution in [0.15, 0.2) is 0 Å². The average Bonchev–Trinajstić information content (AvgIpc) is 1.54. The number of carboxylic acids is 3. The average molecular weight is 239 g/mol. The molecule has 0 radical (unpaired) electrons. The monoisotopic (exact) mass is 238 g/mol. The van der Waals surface area contributed by atoms with Crippen molar-refractivity contribution in [1.82, 2.24) is 0 Å². The van der Waals surface area contributed by atoms with E-state index in [-0.39, 0.29) is 42.0 Å². The van der Waals surface area contributed by atoms with Gasteiger partial charge in [0.2, 0.25) is 0 Å². The molecule has 0 aliphatic carbocycles. The molecule has 0 amide bonds. The minimum atomic E-state index is -0.833. The number of rotatable bonds is 0. The first kappa shape index (κ1) is 29.2. The first-order chi connectivity index (χ1) is 5.20. The zero-order valence-corrected chi connectivity index (χ0v) is 11.2. The van der Waals surface area contributed by atoms with Crippen LogP contribution in [0.3, 0.4) is 0 Å². The Labute approximate surface area is 110 Å². The molecule has 14 heavy (non-hydrogen) atoms. The second-order valence-electron chi connectivity index (χ2n) is 1.56. The maximum Gasteiger partial charge on any atom is 1.00 e. The number of carbonyl (C=O) groups is 3. The van der Waals surface area contributed by atoms with Crippen LogP contribution in [0.1, 0.15) is 20.8 Å².